The van der Waals surface area contributed by atoms with Crippen LogP contribution in [0.4, 0.5) is 0 Å². The summed E-state index contributed by atoms with van der Waals surface area (Å²) in [6.07, 6.45) is -0.168. The third-order valence-corrected chi connectivity index (χ3v) is 4.28. The molecule has 3 atom stereocenters. The molecule has 32 heavy (non-hydrogen) atoms. The fourth-order valence-electron chi connectivity index (χ4n) is 2.55. The number of hydrogen-bond acceptors (Lipinski definition) is 8. The Bertz CT molecular complexity index is 686. The predicted molar refractivity (Wildman–Crippen MR) is 109 cm³/mol. The van der Waals surface area contributed by atoms with Crippen molar-refractivity contribution in [1.29, 1.82) is 0 Å². The Labute approximate surface area is 184 Å². The second-order valence-corrected chi connectivity index (χ2v) is 6.99. The van der Waals surface area contributed by atoms with Gasteiger partial charge in [0.1, 0.15) is 18.6 Å². The van der Waals surface area contributed by atoms with Crippen LogP contribution in [0.3, 0.4) is 0 Å². The van der Waals surface area contributed by atoms with E-state index in [0.29, 0.717) is 19.4 Å². The van der Waals surface area contributed by atoms with Crippen LogP contribution in [0.25, 0.3) is 0 Å². The highest BCUT2D eigenvalue weighted by Crippen LogP contribution is 2.05. The average molecular weight is 461 g/mol. The normalized spacial score (nSPS) is 13.3. The minimum Gasteiger partial charge on any atom is -0.481 e. The monoisotopic (exact) mass is 461 g/mol. The quantitative estimate of drug-likeness (QED) is 0.104. The van der Waals surface area contributed by atoms with Crippen LogP contribution in [0, 0.1) is 0 Å². The van der Waals surface area contributed by atoms with Crippen LogP contribution < -0.4 is 27.4 Å². The number of carbonyl (C=O) groups excluding carboxylic acids is 3. The van der Waals surface area contributed by atoms with E-state index in [0.717, 1.165) is 0 Å². The topological polar surface area (TPSA) is 251 Å². The van der Waals surface area contributed by atoms with E-state index in [-0.39, 0.29) is 19.3 Å². The van der Waals surface area contributed by atoms with Crippen LogP contribution in [0.15, 0.2) is 0 Å². The number of carboxylic acids is 3. The van der Waals surface area contributed by atoms with Gasteiger partial charge in [-0.15, -0.1) is 0 Å². The summed E-state index contributed by atoms with van der Waals surface area (Å²) in [5.74, 6) is -6.42. The van der Waals surface area contributed by atoms with Crippen molar-refractivity contribution in [3.8, 4) is 0 Å². The Morgan fingerprint density at radius 1 is 0.688 bits per heavy atom. The standard InChI is InChI=1S/C18H31N5O9/c19-8-2-1-3-10(20)16(30)22-12(5-7-14(26)27)18(32)23-11(4-6-13(24)25)17(31)21-9-15(28)29/h10-12H,1-9,19-20H2,(H,21,31)(H,22,30)(H,23,32)(H,24,25)(H,26,27)(H,28,29). The van der Waals surface area contributed by atoms with Crippen molar-refractivity contribution >= 4 is 35.6 Å². The molecule has 0 bridgehead atoms. The van der Waals surface area contributed by atoms with Gasteiger partial charge in [-0.1, -0.05) is 6.42 Å². The minimum atomic E-state index is -1.42. The second kappa shape index (κ2) is 15.5. The summed E-state index contributed by atoms with van der Waals surface area (Å²) < 4.78 is 0. The van der Waals surface area contributed by atoms with Crippen molar-refractivity contribution in [2.75, 3.05) is 13.1 Å². The third kappa shape index (κ3) is 13.1. The van der Waals surface area contributed by atoms with Gasteiger partial charge in [-0.3, -0.25) is 28.8 Å². The molecule has 0 saturated heterocycles. The zero-order chi connectivity index (χ0) is 24.7. The second-order valence-electron chi connectivity index (χ2n) is 6.99. The van der Waals surface area contributed by atoms with Gasteiger partial charge in [0.2, 0.25) is 17.7 Å². The number of hydrogen-bond donors (Lipinski definition) is 8. The van der Waals surface area contributed by atoms with Gasteiger partial charge < -0.3 is 42.7 Å². The van der Waals surface area contributed by atoms with Crippen LogP contribution in [-0.4, -0.2) is 82.2 Å². The molecular formula is C18H31N5O9. The summed E-state index contributed by atoms with van der Waals surface area (Å²) in [6, 6.07) is -3.75. The lowest BCUT2D eigenvalue weighted by Crippen LogP contribution is -2.56. The molecule has 0 fully saturated rings. The molecule has 0 aromatic heterocycles. The number of rotatable bonds is 17. The van der Waals surface area contributed by atoms with E-state index in [9.17, 15) is 28.8 Å². The number of nitrogens with two attached hydrogens (primary N) is 2. The first-order valence-electron chi connectivity index (χ1n) is 9.97. The number of carbonyl (C=O) groups is 6. The highest BCUT2D eigenvalue weighted by Gasteiger charge is 2.29. The molecule has 0 rings (SSSR count). The minimum absolute atomic E-state index is 0.287. The summed E-state index contributed by atoms with van der Waals surface area (Å²) in [6.45, 7) is -0.339. The lowest BCUT2D eigenvalue weighted by atomic mass is 10.1. The summed E-state index contributed by atoms with van der Waals surface area (Å²) in [7, 11) is 0. The zero-order valence-corrected chi connectivity index (χ0v) is 17.5. The molecular weight excluding hydrogens is 430 g/mol. The van der Waals surface area contributed by atoms with E-state index in [4.69, 9.17) is 26.8 Å². The Balaban J connectivity index is 5.28. The van der Waals surface area contributed by atoms with E-state index in [1.54, 1.807) is 0 Å². The number of carboxylic acid groups (broad SMARTS) is 3. The summed E-state index contributed by atoms with van der Waals surface area (Å²) in [5.41, 5.74) is 11.2. The number of unbranched alkanes of at least 4 members (excludes halogenated alkanes) is 1. The molecule has 0 aliphatic rings. The van der Waals surface area contributed by atoms with E-state index in [2.05, 4.69) is 10.6 Å². The highest BCUT2D eigenvalue weighted by molar-refractivity contribution is 5.94. The van der Waals surface area contributed by atoms with Crippen molar-refractivity contribution < 1.29 is 44.1 Å². The predicted octanol–water partition coefficient (Wildman–Crippen LogP) is -2.66. The Hall–Kier alpha value is -3.26. The van der Waals surface area contributed by atoms with Crippen LogP contribution in [0.5, 0.6) is 0 Å². The molecule has 182 valence electrons. The summed E-state index contributed by atoms with van der Waals surface area (Å²) in [4.78, 5) is 69.5. The lowest BCUT2D eigenvalue weighted by molar-refractivity contribution is -0.140. The molecule has 10 N–H and O–H groups in total. The van der Waals surface area contributed by atoms with Gasteiger partial charge in [0.05, 0.1) is 6.04 Å². The first kappa shape index (κ1) is 28.7. The highest BCUT2D eigenvalue weighted by atomic mass is 16.4. The number of amides is 3. The van der Waals surface area contributed by atoms with Crippen LogP contribution >= 0.6 is 0 Å². The van der Waals surface area contributed by atoms with Crippen molar-refractivity contribution in [3.63, 3.8) is 0 Å². The van der Waals surface area contributed by atoms with Crippen LogP contribution in [0.2, 0.25) is 0 Å². The maximum Gasteiger partial charge on any atom is 0.322 e. The van der Waals surface area contributed by atoms with E-state index >= 15 is 0 Å². The molecule has 0 aliphatic carbocycles. The molecule has 0 aromatic rings. The zero-order valence-electron chi connectivity index (χ0n) is 17.5. The molecule has 0 aromatic carbocycles. The molecule has 0 radical (unpaired) electrons. The van der Waals surface area contributed by atoms with Gasteiger partial charge >= 0.3 is 17.9 Å². The lowest BCUT2D eigenvalue weighted by Gasteiger charge is -2.23. The van der Waals surface area contributed by atoms with Crippen molar-refractivity contribution in [3.05, 3.63) is 0 Å². The first-order valence-corrected chi connectivity index (χ1v) is 9.97. The van der Waals surface area contributed by atoms with Gasteiger partial charge in [0, 0.05) is 12.8 Å². The van der Waals surface area contributed by atoms with Gasteiger partial charge in [-0.25, -0.2) is 0 Å². The first-order chi connectivity index (χ1) is 15.0. The van der Waals surface area contributed by atoms with Crippen molar-refractivity contribution in [2.45, 2.75) is 63.1 Å². The molecule has 0 aliphatic heterocycles. The fourth-order valence-corrected chi connectivity index (χ4v) is 2.55. The Morgan fingerprint density at radius 3 is 1.66 bits per heavy atom. The smallest absolute Gasteiger partial charge is 0.322 e. The molecule has 3 amide bonds. The Morgan fingerprint density at radius 2 is 1.19 bits per heavy atom. The fraction of sp³-hybridized carbons (Fsp3) is 0.667. The maximum absolute atomic E-state index is 12.7. The van der Waals surface area contributed by atoms with Gasteiger partial charge in [0.15, 0.2) is 0 Å². The van der Waals surface area contributed by atoms with Crippen LogP contribution in [0.1, 0.15) is 44.9 Å². The molecule has 3 unspecified atom stereocenters. The Kier molecular flexibility index (Phi) is 13.9. The largest absolute Gasteiger partial charge is 0.481 e. The third-order valence-electron chi connectivity index (χ3n) is 4.28. The molecule has 0 heterocycles. The SMILES string of the molecule is NCCCCC(N)C(=O)NC(CCC(=O)O)C(=O)NC(CCC(=O)O)C(=O)NCC(=O)O. The summed E-state index contributed by atoms with van der Waals surface area (Å²) in [5, 5.41) is 33.0. The van der Waals surface area contributed by atoms with E-state index in [1.165, 1.54) is 0 Å². The number of nitrogens with one attached hydrogen (secondary N) is 3. The van der Waals surface area contributed by atoms with Gasteiger partial charge in [-0.05, 0) is 32.2 Å². The summed E-state index contributed by atoms with van der Waals surface area (Å²) >= 11 is 0. The average Bonchev–Trinajstić information content (AvgIpc) is 2.71. The molecule has 0 spiro atoms. The molecule has 14 heteroatoms. The molecule has 0 saturated carbocycles. The van der Waals surface area contributed by atoms with Crippen molar-refractivity contribution in [1.82, 2.24) is 16.0 Å². The number of aliphatic carboxylic acids is 3. The van der Waals surface area contributed by atoms with E-state index in [1.807, 2.05) is 5.32 Å². The van der Waals surface area contributed by atoms with Gasteiger partial charge in [0.25, 0.3) is 0 Å². The molecule has 14 nitrogen and oxygen atoms in total. The van der Waals surface area contributed by atoms with Crippen molar-refractivity contribution in [2.24, 2.45) is 11.5 Å². The van der Waals surface area contributed by atoms with Gasteiger partial charge in [-0.2, -0.15) is 0 Å². The van der Waals surface area contributed by atoms with E-state index < -0.39 is 73.1 Å². The maximum atomic E-state index is 12.7. The van der Waals surface area contributed by atoms with Crippen LogP contribution in [-0.2, 0) is 28.8 Å².